The van der Waals surface area contributed by atoms with Crippen LogP contribution in [0.4, 0.5) is 4.39 Å². The molecule has 0 saturated heterocycles. The molecule has 0 radical (unpaired) electrons. The summed E-state index contributed by atoms with van der Waals surface area (Å²) in [6.45, 7) is 8.21. The fraction of sp³-hybridized carbons (Fsp3) is 0.526. The van der Waals surface area contributed by atoms with Crippen LogP contribution in [0.1, 0.15) is 38.6 Å². The molecule has 0 spiro atoms. The molecule has 146 valence electrons. The number of aliphatic imine (C=N–C) groups is 1. The van der Waals surface area contributed by atoms with Gasteiger partial charge in [-0.1, -0.05) is 31.5 Å². The van der Waals surface area contributed by atoms with E-state index in [2.05, 4.69) is 34.6 Å². The van der Waals surface area contributed by atoms with E-state index >= 15 is 0 Å². The van der Waals surface area contributed by atoms with Gasteiger partial charge >= 0.3 is 0 Å². The number of rotatable bonds is 5. The molecule has 3 rings (SSSR count). The first-order valence-electron chi connectivity index (χ1n) is 9.26. The van der Waals surface area contributed by atoms with E-state index in [0.29, 0.717) is 11.6 Å². The Morgan fingerprint density at radius 1 is 1.44 bits per heavy atom. The van der Waals surface area contributed by atoms with Crippen molar-refractivity contribution in [1.82, 2.24) is 25.4 Å². The van der Waals surface area contributed by atoms with Crippen molar-refractivity contribution < 1.29 is 4.39 Å². The molecule has 6 nitrogen and oxygen atoms in total. The lowest BCUT2D eigenvalue weighted by atomic mass is 9.84. The average Bonchev–Trinajstić information content (AvgIpc) is 3.07. The van der Waals surface area contributed by atoms with Gasteiger partial charge in [-0.25, -0.2) is 14.1 Å². The Hall–Kier alpha value is -2.15. The van der Waals surface area contributed by atoms with Crippen molar-refractivity contribution in [3.05, 3.63) is 46.8 Å². The highest BCUT2D eigenvalue weighted by molar-refractivity contribution is 6.31. The van der Waals surface area contributed by atoms with E-state index < -0.39 is 0 Å². The van der Waals surface area contributed by atoms with E-state index in [1.54, 1.807) is 12.4 Å². The zero-order chi connectivity index (χ0) is 19.4. The fourth-order valence-corrected chi connectivity index (χ4v) is 3.69. The molecule has 0 amide bonds. The highest BCUT2D eigenvalue weighted by atomic mass is 35.5. The van der Waals surface area contributed by atoms with E-state index in [4.69, 9.17) is 16.6 Å². The van der Waals surface area contributed by atoms with Crippen LogP contribution in [-0.2, 0) is 18.4 Å². The number of hydrogen-bond acceptors (Lipinski definition) is 3. The summed E-state index contributed by atoms with van der Waals surface area (Å²) in [5, 5.41) is 11.5. The van der Waals surface area contributed by atoms with Crippen LogP contribution in [0.2, 0.25) is 5.02 Å². The summed E-state index contributed by atoms with van der Waals surface area (Å²) in [7, 11) is 0. The third kappa shape index (κ3) is 4.77. The summed E-state index contributed by atoms with van der Waals surface area (Å²) >= 11 is 6.25. The van der Waals surface area contributed by atoms with E-state index in [0.717, 1.165) is 43.3 Å². The first-order chi connectivity index (χ1) is 12.9. The zero-order valence-electron chi connectivity index (χ0n) is 16.0. The van der Waals surface area contributed by atoms with Gasteiger partial charge < -0.3 is 10.6 Å². The van der Waals surface area contributed by atoms with Crippen LogP contribution in [0.25, 0.3) is 0 Å². The van der Waals surface area contributed by atoms with Crippen LogP contribution in [-0.4, -0.2) is 39.9 Å². The third-order valence-corrected chi connectivity index (χ3v) is 5.10. The molecule has 1 atom stereocenters. The van der Waals surface area contributed by atoms with Crippen LogP contribution >= 0.6 is 11.6 Å². The molecule has 1 unspecified atom stereocenters. The Labute approximate surface area is 164 Å². The molecule has 0 fully saturated rings. The molecule has 27 heavy (non-hydrogen) atoms. The van der Waals surface area contributed by atoms with Crippen molar-refractivity contribution in [3.63, 3.8) is 0 Å². The number of aryl methyl sites for hydroxylation is 1. The lowest BCUT2D eigenvalue weighted by Gasteiger charge is -2.27. The molecule has 2 N–H and O–H groups in total. The molecule has 1 aromatic heterocycles. The van der Waals surface area contributed by atoms with Crippen LogP contribution in [0.15, 0.2) is 29.5 Å². The van der Waals surface area contributed by atoms with Crippen molar-refractivity contribution in [2.45, 2.75) is 51.6 Å². The number of nitrogens with one attached hydrogen (secondary N) is 2. The van der Waals surface area contributed by atoms with Gasteiger partial charge in [-0.3, -0.25) is 4.99 Å². The van der Waals surface area contributed by atoms with Gasteiger partial charge in [0.25, 0.3) is 0 Å². The first-order valence-corrected chi connectivity index (χ1v) is 9.64. The first kappa shape index (κ1) is 19.6. The highest BCUT2D eigenvalue weighted by Crippen LogP contribution is 2.30. The highest BCUT2D eigenvalue weighted by Gasteiger charge is 2.25. The number of hydrogen-bond donors (Lipinski definition) is 2. The lowest BCUT2D eigenvalue weighted by molar-refractivity contribution is 0.392. The van der Waals surface area contributed by atoms with Gasteiger partial charge in [0.1, 0.15) is 18.0 Å². The maximum absolute atomic E-state index is 13.3. The number of fused-ring (bicyclic) bond motifs is 1. The van der Waals surface area contributed by atoms with Gasteiger partial charge in [-0.05, 0) is 31.0 Å². The molecular weight excluding hydrogens is 367 g/mol. The summed E-state index contributed by atoms with van der Waals surface area (Å²) in [6.07, 6.45) is 3.48. The summed E-state index contributed by atoms with van der Waals surface area (Å²) in [5.41, 5.74) is 0.564. The van der Waals surface area contributed by atoms with E-state index in [-0.39, 0.29) is 17.3 Å². The van der Waals surface area contributed by atoms with Gasteiger partial charge in [-0.2, -0.15) is 5.10 Å². The zero-order valence-corrected chi connectivity index (χ0v) is 16.7. The minimum Gasteiger partial charge on any atom is -0.357 e. The molecule has 0 bridgehead atoms. The van der Waals surface area contributed by atoms with E-state index in [1.807, 2.05) is 11.6 Å². The normalized spacial score (nSPS) is 17.5. The Morgan fingerprint density at radius 2 is 2.26 bits per heavy atom. The largest absolute Gasteiger partial charge is 0.357 e. The maximum Gasteiger partial charge on any atom is 0.191 e. The van der Waals surface area contributed by atoms with E-state index in [9.17, 15) is 4.39 Å². The second-order valence-electron chi connectivity index (χ2n) is 7.44. The Kier molecular flexibility index (Phi) is 5.99. The monoisotopic (exact) mass is 392 g/mol. The molecular formula is C19H26ClFN6. The number of guanidine groups is 1. The number of benzene rings is 1. The van der Waals surface area contributed by atoms with Crippen molar-refractivity contribution in [2.24, 2.45) is 4.99 Å². The molecule has 2 heterocycles. The van der Waals surface area contributed by atoms with Crippen molar-refractivity contribution in [3.8, 4) is 0 Å². The van der Waals surface area contributed by atoms with Gasteiger partial charge in [0, 0.05) is 29.4 Å². The van der Waals surface area contributed by atoms with Crippen molar-refractivity contribution in [2.75, 3.05) is 13.1 Å². The fourth-order valence-electron chi connectivity index (χ4n) is 3.27. The summed E-state index contributed by atoms with van der Waals surface area (Å²) in [6, 6.07) is 4.77. The summed E-state index contributed by atoms with van der Waals surface area (Å²) in [5.74, 6) is 1.46. The van der Waals surface area contributed by atoms with Gasteiger partial charge in [0.15, 0.2) is 5.96 Å². The van der Waals surface area contributed by atoms with Gasteiger partial charge in [0.05, 0.1) is 13.1 Å². The predicted molar refractivity (Wildman–Crippen MR) is 106 cm³/mol. The minimum atomic E-state index is -0.331. The number of halogens is 2. The van der Waals surface area contributed by atoms with Crippen LogP contribution < -0.4 is 10.6 Å². The van der Waals surface area contributed by atoms with Crippen LogP contribution in [0.5, 0.6) is 0 Å². The lowest BCUT2D eigenvalue weighted by Crippen LogP contribution is -2.47. The molecule has 1 aliphatic heterocycles. The van der Waals surface area contributed by atoms with E-state index in [1.165, 1.54) is 12.1 Å². The third-order valence-electron chi connectivity index (χ3n) is 4.78. The summed E-state index contributed by atoms with van der Waals surface area (Å²) in [4.78, 5) is 9.02. The van der Waals surface area contributed by atoms with Gasteiger partial charge in [0.2, 0.25) is 0 Å². The predicted octanol–water partition coefficient (Wildman–Crippen LogP) is 2.92. The second-order valence-corrected chi connectivity index (χ2v) is 7.85. The standard InChI is InChI=1S/C19H26ClFN6/c1-4-22-18(26-14-6-8-17-24-12-25-27(17)10-14)23-11-19(2,3)15-7-5-13(21)9-16(15)20/h5,7,9,12,14H,4,6,8,10-11H2,1-3H3,(H2,22,23,26). The topological polar surface area (TPSA) is 67.1 Å². The van der Waals surface area contributed by atoms with Gasteiger partial charge in [-0.15, -0.1) is 0 Å². The maximum atomic E-state index is 13.3. The smallest absolute Gasteiger partial charge is 0.191 e. The van der Waals surface area contributed by atoms with Crippen LogP contribution in [0.3, 0.4) is 0 Å². The average molecular weight is 393 g/mol. The SMILES string of the molecule is CCNC(=NCC(C)(C)c1ccc(F)cc1Cl)NC1CCc2ncnn2C1. The molecule has 0 saturated carbocycles. The van der Waals surface area contributed by atoms with Crippen LogP contribution in [0, 0.1) is 5.82 Å². The summed E-state index contributed by atoms with van der Waals surface area (Å²) < 4.78 is 15.3. The van der Waals surface area contributed by atoms with Crippen molar-refractivity contribution in [1.29, 1.82) is 0 Å². The number of aromatic nitrogens is 3. The second kappa shape index (κ2) is 8.25. The quantitative estimate of drug-likeness (QED) is 0.606. The molecule has 2 aromatic rings. The Bertz CT molecular complexity index is 816. The van der Waals surface area contributed by atoms with Crippen molar-refractivity contribution >= 4 is 17.6 Å². The molecule has 1 aliphatic rings. The molecule has 0 aliphatic carbocycles. The number of nitrogens with zero attached hydrogens (tertiary/aromatic N) is 4. The minimum absolute atomic E-state index is 0.245. The molecule has 8 heteroatoms. The Balaban J connectivity index is 1.69. The molecule has 1 aromatic carbocycles. The Morgan fingerprint density at radius 3 is 3.00 bits per heavy atom.